The van der Waals surface area contributed by atoms with E-state index < -0.39 is 0 Å². The molecule has 3 heteroatoms. The average molecular weight is 246 g/mol. The molecule has 1 saturated carbocycles. The minimum absolute atomic E-state index is 0.215. The summed E-state index contributed by atoms with van der Waals surface area (Å²) >= 11 is 0. The number of ether oxygens (including phenoxy) is 1. The van der Waals surface area contributed by atoms with Gasteiger partial charge in [0, 0.05) is 26.2 Å². The molecule has 1 aliphatic carbocycles. The van der Waals surface area contributed by atoms with Crippen LogP contribution in [0.4, 0.5) is 0 Å². The van der Waals surface area contributed by atoms with E-state index in [-0.39, 0.29) is 6.10 Å². The fraction of sp³-hybridized carbons (Fsp3) is 0.600. The van der Waals surface area contributed by atoms with Crippen molar-refractivity contribution in [3.8, 4) is 0 Å². The van der Waals surface area contributed by atoms with E-state index in [0.29, 0.717) is 6.54 Å². The van der Waals surface area contributed by atoms with E-state index in [2.05, 4.69) is 29.2 Å². The van der Waals surface area contributed by atoms with Crippen molar-refractivity contribution in [3.63, 3.8) is 0 Å². The smallest absolute Gasteiger partial charge is 0.0824 e. The molecule has 98 valence electrons. The Kier molecular flexibility index (Phi) is 3.64. The van der Waals surface area contributed by atoms with Crippen molar-refractivity contribution in [2.75, 3.05) is 26.2 Å². The summed E-state index contributed by atoms with van der Waals surface area (Å²) in [4.78, 5) is 2.47. The zero-order valence-electron chi connectivity index (χ0n) is 10.8. The Hall–Kier alpha value is -0.900. The van der Waals surface area contributed by atoms with Crippen molar-refractivity contribution in [2.24, 2.45) is 5.73 Å². The molecule has 1 saturated heterocycles. The summed E-state index contributed by atoms with van der Waals surface area (Å²) in [6.07, 6.45) is 2.95. The molecule has 1 aliphatic heterocycles. The van der Waals surface area contributed by atoms with Crippen LogP contribution in [-0.2, 0) is 11.3 Å². The Morgan fingerprint density at radius 1 is 1.28 bits per heavy atom. The van der Waals surface area contributed by atoms with Gasteiger partial charge < -0.3 is 10.5 Å². The molecule has 0 bridgehead atoms. The Morgan fingerprint density at radius 2 is 2.11 bits per heavy atom. The third-order valence-corrected chi connectivity index (χ3v) is 3.95. The number of hydrogen-bond acceptors (Lipinski definition) is 3. The Morgan fingerprint density at radius 3 is 2.89 bits per heavy atom. The molecule has 2 fully saturated rings. The van der Waals surface area contributed by atoms with Crippen LogP contribution in [-0.4, -0.2) is 37.2 Å². The normalized spacial score (nSPS) is 25.3. The first-order valence-corrected chi connectivity index (χ1v) is 6.98. The van der Waals surface area contributed by atoms with Crippen LogP contribution in [0.5, 0.6) is 0 Å². The third-order valence-electron chi connectivity index (χ3n) is 3.95. The molecule has 1 aromatic carbocycles. The second kappa shape index (κ2) is 5.39. The van der Waals surface area contributed by atoms with Gasteiger partial charge in [0.25, 0.3) is 0 Å². The van der Waals surface area contributed by atoms with Crippen molar-refractivity contribution in [1.29, 1.82) is 0 Å². The van der Waals surface area contributed by atoms with Gasteiger partial charge in [0.2, 0.25) is 0 Å². The summed E-state index contributed by atoms with van der Waals surface area (Å²) in [6, 6.07) is 8.90. The fourth-order valence-electron chi connectivity index (χ4n) is 2.78. The lowest BCUT2D eigenvalue weighted by atomic mass is 10.0. The van der Waals surface area contributed by atoms with E-state index in [1.54, 1.807) is 5.56 Å². The molecule has 0 radical (unpaired) electrons. The van der Waals surface area contributed by atoms with Crippen LogP contribution >= 0.6 is 0 Å². The van der Waals surface area contributed by atoms with Crippen molar-refractivity contribution in [1.82, 2.24) is 4.90 Å². The van der Waals surface area contributed by atoms with Crippen molar-refractivity contribution >= 4 is 0 Å². The van der Waals surface area contributed by atoms with Gasteiger partial charge in [-0.25, -0.2) is 0 Å². The van der Waals surface area contributed by atoms with Crippen LogP contribution in [0.2, 0.25) is 0 Å². The molecule has 2 aliphatic rings. The Labute approximate surface area is 109 Å². The molecule has 3 nitrogen and oxygen atoms in total. The van der Waals surface area contributed by atoms with Gasteiger partial charge in [-0.3, -0.25) is 4.90 Å². The molecule has 0 aromatic heterocycles. The molecular weight excluding hydrogens is 224 g/mol. The highest BCUT2D eigenvalue weighted by Gasteiger charge is 2.27. The molecule has 1 aromatic rings. The first-order valence-electron chi connectivity index (χ1n) is 6.98. The van der Waals surface area contributed by atoms with Gasteiger partial charge in [-0.2, -0.15) is 0 Å². The summed E-state index contributed by atoms with van der Waals surface area (Å²) in [5.74, 6) is 0.826. The van der Waals surface area contributed by atoms with Crippen LogP contribution in [0.25, 0.3) is 0 Å². The van der Waals surface area contributed by atoms with Gasteiger partial charge in [0.15, 0.2) is 0 Å². The number of benzene rings is 1. The molecule has 1 atom stereocenters. The maximum Gasteiger partial charge on any atom is 0.0824 e. The second-order valence-corrected chi connectivity index (χ2v) is 5.44. The lowest BCUT2D eigenvalue weighted by Gasteiger charge is -2.32. The largest absolute Gasteiger partial charge is 0.374 e. The van der Waals surface area contributed by atoms with Gasteiger partial charge >= 0.3 is 0 Å². The Balaban J connectivity index is 1.68. The predicted molar refractivity (Wildman–Crippen MR) is 72.5 cm³/mol. The molecular formula is C15H22N2O. The topological polar surface area (TPSA) is 38.5 Å². The van der Waals surface area contributed by atoms with Gasteiger partial charge in [0.1, 0.15) is 0 Å². The summed E-state index contributed by atoms with van der Waals surface area (Å²) < 4.78 is 5.62. The highest BCUT2D eigenvalue weighted by molar-refractivity contribution is 5.33. The highest BCUT2D eigenvalue weighted by Crippen LogP contribution is 2.41. The second-order valence-electron chi connectivity index (χ2n) is 5.44. The molecule has 1 unspecified atom stereocenters. The fourth-order valence-corrected chi connectivity index (χ4v) is 2.78. The van der Waals surface area contributed by atoms with Crippen LogP contribution < -0.4 is 5.73 Å². The molecule has 1 heterocycles. The van der Waals surface area contributed by atoms with Gasteiger partial charge in [-0.1, -0.05) is 24.3 Å². The average Bonchev–Trinajstić information content (AvgIpc) is 3.24. The maximum absolute atomic E-state index is 5.70. The van der Waals surface area contributed by atoms with E-state index in [9.17, 15) is 0 Å². The minimum atomic E-state index is 0.215. The van der Waals surface area contributed by atoms with Crippen molar-refractivity contribution < 1.29 is 4.74 Å². The monoisotopic (exact) mass is 246 g/mol. The quantitative estimate of drug-likeness (QED) is 0.879. The summed E-state index contributed by atoms with van der Waals surface area (Å²) in [7, 11) is 0. The SMILES string of the molecule is NCC1CN(Cc2ccccc2C2CC2)CCO1. The summed E-state index contributed by atoms with van der Waals surface area (Å²) in [5.41, 5.74) is 8.76. The molecule has 18 heavy (non-hydrogen) atoms. The van der Waals surface area contributed by atoms with Crippen LogP contribution in [0, 0.1) is 0 Å². The van der Waals surface area contributed by atoms with E-state index in [1.807, 2.05) is 0 Å². The highest BCUT2D eigenvalue weighted by atomic mass is 16.5. The zero-order valence-corrected chi connectivity index (χ0v) is 10.8. The van der Waals surface area contributed by atoms with E-state index in [0.717, 1.165) is 32.2 Å². The number of rotatable bonds is 4. The van der Waals surface area contributed by atoms with Crippen LogP contribution in [0.3, 0.4) is 0 Å². The van der Waals surface area contributed by atoms with Crippen LogP contribution in [0.1, 0.15) is 29.9 Å². The Bertz CT molecular complexity index is 403. The third kappa shape index (κ3) is 2.74. The lowest BCUT2D eigenvalue weighted by molar-refractivity contribution is -0.0261. The summed E-state index contributed by atoms with van der Waals surface area (Å²) in [5, 5.41) is 0. The molecule has 2 N–H and O–H groups in total. The first-order chi connectivity index (χ1) is 8.86. The first kappa shape index (κ1) is 12.2. The number of nitrogens with zero attached hydrogens (tertiary/aromatic N) is 1. The predicted octanol–water partition coefficient (Wildman–Crippen LogP) is 1.72. The molecule has 0 amide bonds. The standard InChI is InChI=1S/C15H22N2O/c16-9-14-11-17(7-8-18-14)10-13-3-1-2-4-15(13)12-5-6-12/h1-4,12,14H,5-11,16H2. The molecule has 0 spiro atoms. The number of hydrogen-bond donors (Lipinski definition) is 1. The van der Waals surface area contributed by atoms with E-state index in [4.69, 9.17) is 10.5 Å². The summed E-state index contributed by atoms with van der Waals surface area (Å²) in [6.45, 7) is 4.48. The maximum atomic E-state index is 5.70. The number of morpholine rings is 1. The lowest BCUT2D eigenvalue weighted by Crippen LogP contribution is -2.45. The van der Waals surface area contributed by atoms with Crippen molar-refractivity contribution in [3.05, 3.63) is 35.4 Å². The molecule has 3 rings (SSSR count). The number of nitrogens with two attached hydrogens (primary N) is 1. The van der Waals surface area contributed by atoms with Gasteiger partial charge in [-0.05, 0) is 29.9 Å². The minimum Gasteiger partial charge on any atom is -0.374 e. The zero-order chi connectivity index (χ0) is 12.4. The van der Waals surface area contributed by atoms with E-state index in [1.165, 1.54) is 18.4 Å². The van der Waals surface area contributed by atoms with Crippen LogP contribution in [0.15, 0.2) is 24.3 Å². The van der Waals surface area contributed by atoms with Crippen molar-refractivity contribution in [2.45, 2.75) is 31.4 Å². The van der Waals surface area contributed by atoms with Gasteiger partial charge in [0.05, 0.1) is 12.7 Å². The van der Waals surface area contributed by atoms with E-state index >= 15 is 0 Å². The van der Waals surface area contributed by atoms with Gasteiger partial charge in [-0.15, -0.1) is 0 Å².